The molecule has 0 aromatic carbocycles. The van der Waals surface area contributed by atoms with Crippen molar-refractivity contribution >= 4 is 5.91 Å². The minimum absolute atomic E-state index is 0.244. The van der Waals surface area contributed by atoms with E-state index < -0.39 is 74.2 Å². The lowest BCUT2D eigenvalue weighted by Gasteiger charge is -2.40. The van der Waals surface area contributed by atoms with Crippen molar-refractivity contribution in [2.45, 2.75) is 274 Å². The molecule has 1 aliphatic rings. The molecule has 0 radical (unpaired) electrons. The van der Waals surface area contributed by atoms with Crippen LogP contribution >= 0.6 is 0 Å². The SMILES string of the molecule is CCCCCCCC/C=C/CC/C=C/CCCC(O)C(O)C(COC1OC(CO)C(O)C(O)C1O)NC(=O)C(O)CCCCCCCC/C=C\CCCCCCCCCCCCC. The Balaban J connectivity index is 2.41. The van der Waals surface area contributed by atoms with Gasteiger partial charge in [0.2, 0.25) is 5.91 Å². The molecule has 1 heterocycles. The number of nitrogens with one attached hydrogen (secondary N) is 1. The maximum atomic E-state index is 13.1. The zero-order chi connectivity index (χ0) is 46.2. The van der Waals surface area contributed by atoms with Crippen molar-refractivity contribution in [1.29, 1.82) is 0 Å². The summed E-state index contributed by atoms with van der Waals surface area (Å²) in [7, 11) is 0. The molecule has 0 spiro atoms. The van der Waals surface area contributed by atoms with E-state index in [0.717, 1.165) is 57.8 Å². The van der Waals surface area contributed by atoms with Gasteiger partial charge in [-0.3, -0.25) is 4.79 Å². The fraction of sp³-hybridized carbons (Fsp3) is 0.865. The van der Waals surface area contributed by atoms with Crippen molar-refractivity contribution in [3.8, 4) is 0 Å². The van der Waals surface area contributed by atoms with Gasteiger partial charge in [0.25, 0.3) is 0 Å². The van der Waals surface area contributed by atoms with Gasteiger partial charge in [-0.05, 0) is 77.0 Å². The van der Waals surface area contributed by atoms with Crippen LogP contribution in [0, 0.1) is 0 Å². The van der Waals surface area contributed by atoms with E-state index in [4.69, 9.17) is 9.47 Å². The molecule has 1 aliphatic heterocycles. The predicted molar refractivity (Wildman–Crippen MR) is 256 cm³/mol. The molecule has 0 bridgehead atoms. The fourth-order valence-electron chi connectivity index (χ4n) is 8.10. The largest absolute Gasteiger partial charge is 0.394 e. The topological polar surface area (TPSA) is 189 Å². The first kappa shape index (κ1) is 59.3. The smallest absolute Gasteiger partial charge is 0.249 e. The number of unbranched alkanes of at least 4 members (excludes halogenated alkanes) is 25. The summed E-state index contributed by atoms with van der Waals surface area (Å²) in [6, 6.07) is -1.19. The number of hydrogen-bond acceptors (Lipinski definition) is 10. The zero-order valence-electron chi connectivity index (χ0n) is 40.1. The molecule has 63 heavy (non-hydrogen) atoms. The van der Waals surface area contributed by atoms with Crippen LogP contribution < -0.4 is 5.32 Å². The van der Waals surface area contributed by atoms with Gasteiger partial charge in [0.1, 0.15) is 36.6 Å². The molecule has 11 nitrogen and oxygen atoms in total. The van der Waals surface area contributed by atoms with Gasteiger partial charge in [0.05, 0.1) is 25.4 Å². The molecule has 0 aromatic heterocycles. The van der Waals surface area contributed by atoms with E-state index in [2.05, 4.69) is 55.6 Å². The van der Waals surface area contributed by atoms with Crippen molar-refractivity contribution in [2.24, 2.45) is 0 Å². The summed E-state index contributed by atoms with van der Waals surface area (Å²) in [5.74, 6) is -0.715. The maximum Gasteiger partial charge on any atom is 0.249 e. The lowest BCUT2D eigenvalue weighted by Crippen LogP contribution is -2.60. The van der Waals surface area contributed by atoms with E-state index in [1.807, 2.05) is 0 Å². The number of amides is 1. The molecule has 0 aliphatic carbocycles. The molecule has 370 valence electrons. The van der Waals surface area contributed by atoms with E-state index >= 15 is 0 Å². The highest BCUT2D eigenvalue weighted by Crippen LogP contribution is 2.23. The molecule has 0 saturated carbocycles. The van der Waals surface area contributed by atoms with Crippen LogP contribution in [0.25, 0.3) is 0 Å². The van der Waals surface area contributed by atoms with Gasteiger partial charge in [-0.25, -0.2) is 0 Å². The molecule has 1 rings (SSSR count). The fourth-order valence-corrected chi connectivity index (χ4v) is 8.10. The van der Waals surface area contributed by atoms with Gasteiger partial charge in [-0.2, -0.15) is 0 Å². The van der Waals surface area contributed by atoms with Crippen LogP contribution in [0.4, 0.5) is 0 Å². The van der Waals surface area contributed by atoms with Gasteiger partial charge in [-0.15, -0.1) is 0 Å². The van der Waals surface area contributed by atoms with Crippen molar-refractivity contribution < 1.29 is 50.0 Å². The highest BCUT2D eigenvalue weighted by molar-refractivity contribution is 5.80. The van der Waals surface area contributed by atoms with Crippen LogP contribution in [0.1, 0.15) is 219 Å². The highest BCUT2D eigenvalue weighted by atomic mass is 16.7. The Labute approximate surface area is 384 Å². The summed E-state index contributed by atoms with van der Waals surface area (Å²) in [6.07, 6.45) is 37.6. The minimum atomic E-state index is -1.67. The van der Waals surface area contributed by atoms with Gasteiger partial charge < -0.3 is 50.5 Å². The Hall–Kier alpha value is -1.67. The molecule has 11 heteroatoms. The molecule has 1 fully saturated rings. The summed E-state index contributed by atoms with van der Waals surface area (Å²) >= 11 is 0. The van der Waals surface area contributed by atoms with Gasteiger partial charge >= 0.3 is 0 Å². The molecule has 9 atom stereocenters. The monoisotopic (exact) mass is 896 g/mol. The standard InChI is InChI=1S/C52H97NO10/c1-3-5-7-9-11-13-15-17-19-20-21-22-23-24-26-28-30-32-34-36-38-40-45(56)51(61)53-43(42-62-52-50(60)49(59)48(58)46(41-54)63-52)47(57)44(55)39-37-35-33-31-29-27-25-18-16-14-12-10-8-6-4-2/h18,23-25,31,33,43-50,52,54-60H,3-17,19-22,26-30,32,34-42H2,1-2H3,(H,53,61)/b24-23-,25-18+,33-31+. The number of ether oxygens (including phenoxy) is 2. The molecule has 9 unspecified atom stereocenters. The van der Waals surface area contributed by atoms with Gasteiger partial charge in [0.15, 0.2) is 6.29 Å². The van der Waals surface area contributed by atoms with Crippen molar-refractivity contribution in [1.82, 2.24) is 5.32 Å². The molecule has 8 N–H and O–H groups in total. The Bertz CT molecular complexity index is 1120. The third kappa shape index (κ3) is 31.0. The van der Waals surface area contributed by atoms with Crippen molar-refractivity contribution in [3.05, 3.63) is 36.5 Å². The first-order valence-electron chi connectivity index (χ1n) is 25.9. The molecular weight excluding hydrogens is 799 g/mol. The van der Waals surface area contributed by atoms with Crippen molar-refractivity contribution in [2.75, 3.05) is 13.2 Å². The second-order valence-electron chi connectivity index (χ2n) is 18.2. The number of carbonyl (C=O) groups excluding carboxylic acids is 1. The average molecular weight is 896 g/mol. The summed E-state index contributed by atoms with van der Waals surface area (Å²) in [6.45, 7) is 3.42. The van der Waals surface area contributed by atoms with E-state index in [-0.39, 0.29) is 12.8 Å². The second kappa shape index (κ2) is 41.7. The third-order valence-corrected chi connectivity index (χ3v) is 12.4. The lowest BCUT2D eigenvalue weighted by molar-refractivity contribution is -0.303. The molecule has 0 aromatic rings. The van der Waals surface area contributed by atoms with Gasteiger partial charge in [0, 0.05) is 0 Å². The van der Waals surface area contributed by atoms with E-state index in [1.165, 1.54) is 116 Å². The Morgan fingerprint density at radius 1 is 0.540 bits per heavy atom. The number of allylic oxidation sites excluding steroid dienone is 6. The number of aliphatic hydroxyl groups excluding tert-OH is 7. The zero-order valence-corrected chi connectivity index (χ0v) is 40.1. The summed E-state index contributed by atoms with van der Waals surface area (Å²) in [5.41, 5.74) is 0. The average Bonchev–Trinajstić information content (AvgIpc) is 3.28. The quantitative estimate of drug-likeness (QED) is 0.0216. The number of aliphatic hydroxyl groups is 7. The maximum absolute atomic E-state index is 13.1. The first-order chi connectivity index (χ1) is 30.7. The predicted octanol–water partition coefficient (Wildman–Crippen LogP) is 9.56. The summed E-state index contributed by atoms with van der Waals surface area (Å²) in [5, 5.41) is 75.8. The molecule has 1 amide bonds. The third-order valence-electron chi connectivity index (χ3n) is 12.4. The highest BCUT2D eigenvalue weighted by Gasteiger charge is 2.44. The van der Waals surface area contributed by atoms with E-state index in [0.29, 0.717) is 19.3 Å². The van der Waals surface area contributed by atoms with Gasteiger partial charge in [-0.1, -0.05) is 179 Å². The Morgan fingerprint density at radius 2 is 0.952 bits per heavy atom. The van der Waals surface area contributed by atoms with Crippen molar-refractivity contribution in [3.63, 3.8) is 0 Å². The Morgan fingerprint density at radius 3 is 1.41 bits per heavy atom. The number of carbonyl (C=O) groups is 1. The first-order valence-corrected chi connectivity index (χ1v) is 25.9. The van der Waals surface area contributed by atoms with Crippen LogP contribution in [0.2, 0.25) is 0 Å². The molecular formula is C52H97NO10. The summed E-state index contributed by atoms with van der Waals surface area (Å²) in [4.78, 5) is 13.1. The number of rotatable bonds is 43. The lowest BCUT2D eigenvalue weighted by atomic mass is 9.98. The summed E-state index contributed by atoms with van der Waals surface area (Å²) < 4.78 is 11.1. The van der Waals surface area contributed by atoms with Crippen LogP contribution in [-0.4, -0.2) is 110 Å². The molecule has 1 saturated heterocycles. The Kier molecular flexibility index (Phi) is 39.3. The van der Waals surface area contributed by atoms with Crippen LogP contribution in [0.15, 0.2) is 36.5 Å². The van der Waals surface area contributed by atoms with Crippen LogP contribution in [-0.2, 0) is 14.3 Å². The van der Waals surface area contributed by atoms with Crippen LogP contribution in [0.3, 0.4) is 0 Å². The van der Waals surface area contributed by atoms with E-state index in [1.54, 1.807) is 0 Å². The number of hydrogen-bond donors (Lipinski definition) is 8. The minimum Gasteiger partial charge on any atom is -0.394 e. The van der Waals surface area contributed by atoms with Crippen LogP contribution in [0.5, 0.6) is 0 Å². The normalized spacial score (nSPS) is 21.4. The van der Waals surface area contributed by atoms with E-state index in [9.17, 15) is 40.5 Å². The second-order valence-corrected chi connectivity index (χ2v) is 18.2.